The van der Waals surface area contributed by atoms with Crippen LogP contribution in [0.3, 0.4) is 0 Å². The SMILES string of the molecule is COc1ccc2cccnc2c1CCCC(C)=O. The Morgan fingerprint density at radius 3 is 2.89 bits per heavy atom. The molecule has 0 aliphatic carbocycles. The molecule has 0 aliphatic heterocycles. The Hall–Kier alpha value is -1.90. The van der Waals surface area contributed by atoms with Gasteiger partial charge in [0.2, 0.25) is 0 Å². The molecule has 1 aromatic carbocycles. The molecular weight excluding hydrogens is 226 g/mol. The maximum Gasteiger partial charge on any atom is 0.129 e. The minimum absolute atomic E-state index is 0.224. The molecule has 0 unspecified atom stereocenters. The third kappa shape index (κ3) is 2.67. The fourth-order valence-electron chi connectivity index (χ4n) is 2.13. The van der Waals surface area contributed by atoms with E-state index in [-0.39, 0.29) is 5.78 Å². The van der Waals surface area contributed by atoms with Gasteiger partial charge in [0.25, 0.3) is 0 Å². The lowest BCUT2D eigenvalue weighted by Gasteiger charge is -2.10. The lowest BCUT2D eigenvalue weighted by molar-refractivity contribution is -0.117. The first kappa shape index (κ1) is 12.6. The first-order valence-corrected chi connectivity index (χ1v) is 6.12. The van der Waals surface area contributed by atoms with Crippen LogP contribution in [0.2, 0.25) is 0 Å². The predicted octanol–water partition coefficient (Wildman–Crippen LogP) is 3.16. The number of hydrogen-bond acceptors (Lipinski definition) is 3. The average molecular weight is 243 g/mol. The Morgan fingerprint density at radius 2 is 2.17 bits per heavy atom. The molecule has 1 heterocycles. The van der Waals surface area contributed by atoms with Crippen molar-refractivity contribution >= 4 is 16.7 Å². The molecule has 94 valence electrons. The predicted molar refractivity (Wildman–Crippen MR) is 71.9 cm³/mol. The lowest BCUT2D eigenvalue weighted by atomic mass is 10.0. The molecule has 0 spiro atoms. The van der Waals surface area contributed by atoms with Gasteiger partial charge in [-0.3, -0.25) is 4.98 Å². The summed E-state index contributed by atoms with van der Waals surface area (Å²) in [5.41, 5.74) is 2.07. The van der Waals surface area contributed by atoms with Crippen LogP contribution in [0.25, 0.3) is 10.9 Å². The Labute approximate surface area is 107 Å². The van der Waals surface area contributed by atoms with Gasteiger partial charge in [-0.1, -0.05) is 6.07 Å². The van der Waals surface area contributed by atoms with Gasteiger partial charge in [-0.15, -0.1) is 0 Å². The maximum atomic E-state index is 11.0. The van der Waals surface area contributed by atoms with Crippen LogP contribution in [0.5, 0.6) is 5.75 Å². The van der Waals surface area contributed by atoms with E-state index in [0.717, 1.165) is 35.1 Å². The molecule has 0 saturated heterocycles. The van der Waals surface area contributed by atoms with Crippen molar-refractivity contribution in [3.05, 3.63) is 36.0 Å². The quantitative estimate of drug-likeness (QED) is 0.809. The molecule has 0 amide bonds. The topological polar surface area (TPSA) is 39.2 Å². The number of carbonyl (C=O) groups excluding carboxylic acids is 1. The largest absolute Gasteiger partial charge is 0.496 e. The zero-order valence-electron chi connectivity index (χ0n) is 10.8. The number of aromatic nitrogens is 1. The lowest BCUT2D eigenvalue weighted by Crippen LogP contribution is -1.98. The first-order valence-electron chi connectivity index (χ1n) is 6.12. The van der Waals surface area contributed by atoms with E-state index in [4.69, 9.17) is 4.74 Å². The second kappa shape index (κ2) is 5.63. The summed E-state index contributed by atoms with van der Waals surface area (Å²) in [6, 6.07) is 7.94. The van der Waals surface area contributed by atoms with E-state index in [1.807, 2.05) is 24.3 Å². The van der Waals surface area contributed by atoms with Crippen molar-refractivity contribution in [1.82, 2.24) is 4.98 Å². The van der Waals surface area contributed by atoms with Crippen molar-refractivity contribution in [2.24, 2.45) is 0 Å². The third-order valence-electron chi connectivity index (χ3n) is 3.01. The number of nitrogens with zero attached hydrogens (tertiary/aromatic N) is 1. The number of ether oxygens (including phenoxy) is 1. The first-order chi connectivity index (χ1) is 8.72. The summed E-state index contributed by atoms with van der Waals surface area (Å²) in [6.45, 7) is 1.62. The van der Waals surface area contributed by atoms with Gasteiger partial charge in [-0.25, -0.2) is 0 Å². The number of Topliss-reactive ketones (excluding diaryl/α,β-unsaturated/α-hetero) is 1. The van der Waals surface area contributed by atoms with Crippen molar-refractivity contribution < 1.29 is 9.53 Å². The van der Waals surface area contributed by atoms with Crippen molar-refractivity contribution in [2.75, 3.05) is 7.11 Å². The zero-order valence-corrected chi connectivity index (χ0v) is 10.8. The molecule has 0 atom stereocenters. The van der Waals surface area contributed by atoms with Crippen molar-refractivity contribution in [3.63, 3.8) is 0 Å². The van der Waals surface area contributed by atoms with E-state index in [1.165, 1.54) is 0 Å². The number of aryl methyl sites for hydroxylation is 1. The van der Waals surface area contributed by atoms with Crippen LogP contribution >= 0.6 is 0 Å². The van der Waals surface area contributed by atoms with Gasteiger partial charge in [0, 0.05) is 23.6 Å². The number of hydrogen-bond donors (Lipinski definition) is 0. The summed E-state index contributed by atoms with van der Waals surface area (Å²) in [5.74, 6) is 1.08. The number of ketones is 1. The molecule has 1 aromatic heterocycles. The van der Waals surface area contributed by atoms with E-state index in [1.54, 1.807) is 20.2 Å². The van der Waals surface area contributed by atoms with Crippen LogP contribution in [-0.2, 0) is 11.2 Å². The number of methoxy groups -OCH3 is 1. The van der Waals surface area contributed by atoms with Crippen LogP contribution in [-0.4, -0.2) is 17.9 Å². The van der Waals surface area contributed by atoms with E-state index >= 15 is 0 Å². The maximum absolute atomic E-state index is 11.0. The highest BCUT2D eigenvalue weighted by Gasteiger charge is 2.09. The number of pyridine rings is 1. The van der Waals surface area contributed by atoms with E-state index in [9.17, 15) is 4.79 Å². The summed E-state index contributed by atoms with van der Waals surface area (Å²) in [5, 5.41) is 1.11. The summed E-state index contributed by atoms with van der Waals surface area (Å²) in [6.07, 6.45) is 4.04. The van der Waals surface area contributed by atoms with Crippen LogP contribution in [0.1, 0.15) is 25.3 Å². The number of rotatable bonds is 5. The van der Waals surface area contributed by atoms with Crippen LogP contribution < -0.4 is 4.74 Å². The molecule has 0 N–H and O–H groups in total. The second-order valence-corrected chi connectivity index (χ2v) is 4.38. The zero-order chi connectivity index (χ0) is 13.0. The average Bonchev–Trinajstić information content (AvgIpc) is 2.38. The highest BCUT2D eigenvalue weighted by molar-refractivity contribution is 5.84. The summed E-state index contributed by atoms with van der Waals surface area (Å²) < 4.78 is 5.39. The van der Waals surface area contributed by atoms with Crippen LogP contribution in [0.4, 0.5) is 0 Å². The number of carbonyl (C=O) groups is 1. The van der Waals surface area contributed by atoms with Crippen molar-refractivity contribution in [2.45, 2.75) is 26.2 Å². The van der Waals surface area contributed by atoms with E-state index < -0.39 is 0 Å². The monoisotopic (exact) mass is 243 g/mol. The second-order valence-electron chi connectivity index (χ2n) is 4.38. The standard InChI is InChI=1S/C15H17NO2/c1-11(17)5-3-7-13-14(18-2)9-8-12-6-4-10-16-15(12)13/h4,6,8-10H,3,5,7H2,1-2H3. The van der Waals surface area contributed by atoms with Crippen LogP contribution in [0, 0.1) is 0 Å². The van der Waals surface area contributed by atoms with Crippen molar-refractivity contribution in [3.8, 4) is 5.75 Å². The fraction of sp³-hybridized carbons (Fsp3) is 0.333. The molecule has 0 aliphatic rings. The fourth-order valence-corrected chi connectivity index (χ4v) is 2.13. The van der Waals surface area contributed by atoms with Crippen molar-refractivity contribution in [1.29, 1.82) is 0 Å². The molecule has 0 fully saturated rings. The minimum atomic E-state index is 0.224. The van der Waals surface area contributed by atoms with Gasteiger partial charge in [-0.2, -0.15) is 0 Å². The third-order valence-corrected chi connectivity index (χ3v) is 3.01. The molecule has 2 aromatic rings. The normalized spacial score (nSPS) is 10.6. The van der Waals surface area contributed by atoms with E-state index in [2.05, 4.69) is 4.98 Å². The molecule has 0 radical (unpaired) electrons. The van der Waals surface area contributed by atoms with Crippen LogP contribution in [0.15, 0.2) is 30.5 Å². The van der Waals surface area contributed by atoms with Gasteiger partial charge in [0.05, 0.1) is 12.6 Å². The number of fused-ring (bicyclic) bond motifs is 1. The Bertz CT molecular complexity index is 563. The molecule has 0 saturated carbocycles. The van der Waals surface area contributed by atoms with Gasteiger partial charge in [0.1, 0.15) is 11.5 Å². The summed E-state index contributed by atoms with van der Waals surface area (Å²) >= 11 is 0. The summed E-state index contributed by atoms with van der Waals surface area (Å²) in [7, 11) is 1.67. The Kier molecular flexibility index (Phi) is 3.92. The highest BCUT2D eigenvalue weighted by Crippen LogP contribution is 2.27. The molecule has 3 nitrogen and oxygen atoms in total. The molecule has 3 heteroatoms. The molecule has 0 bridgehead atoms. The Morgan fingerprint density at radius 1 is 1.33 bits per heavy atom. The van der Waals surface area contributed by atoms with Gasteiger partial charge >= 0.3 is 0 Å². The van der Waals surface area contributed by atoms with Gasteiger partial charge in [0.15, 0.2) is 0 Å². The van der Waals surface area contributed by atoms with Gasteiger partial charge < -0.3 is 9.53 Å². The highest BCUT2D eigenvalue weighted by atomic mass is 16.5. The summed E-state index contributed by atoms with van der Waals surface area (Å²) in [4.78, 5) is 15.4. The minimum Gasteiger partial charge on any atom is -0.496 e. The number of benzene rings is 1. The molecule has 18 heavy (non-hydrogen) atoms. The molecular formula is C15H17NO2. The van der Waals surface area contributed by atoms with Gasteiger partial charge in [-0.05, 0) is 38.0 Å². The smallest absolute Gasteiger partial charge is 0.129 e. The molecule has 2 rings (SSSR count). The van der Waals surface area contributed by atoms with E-state index in [0.29, 0.717) is 6.42 Å². The Balaban J connectivity index is 2.35.